The van der Waals surface area contributed by atoms with Gasteiger partial charge in [-0.15, -0.1) is 11.3 Å². The van der Waals surface area contributed by atoms with Crippen LogP contribution in [0.3, 0.4) is 0 Å². The van der Waals surface area contributed by atoms with Crippen LogP contribution in [0, 0.1) is 0 Å². The van der Waals surface area contributed by atoms with Crippen molar-refractivity contribution in [2.45, 2.75) is 4.90 Å². The lowest BCUT2D eigenvalue weighted by atomic mass is 10.5. The van der Waals surface area contributed by atoms with Crippen molar-refractivity contribution in [3.63, 3.8) is 0 Å². The Morgan fingerprint density at radius 1 is 1.40 bits per heavy atom. The Balaban J connectivity index is 2.87. The van der Waals surface area contributed by atoms with Gasteiger partial charge in [-0.25, -0.2) is 31.1 Å². The largest absolute Gasteiger partial charge is 0.477 e. The van der Waals surface area contributed by atoms with E-state index in [0.717, 1.165) is 17.4 Å². The van der Waals surface area contributed by atoms with Crippen molar-refractivity contribution in [2.75, 3.05) is 19.3 Å². The Morgan fingerprint density at radius 3 is 2.45 bits per heavy atom. The molecular formula is C8H11BrN2O6S3. The van der Waals surface area contributed by atoms with E-state index in [4.69, 9.17) is 5.11 Å². The number of carbonyl (C=O) groups is 1. The molecule has 0 aliphatic carbocycles. The molecule has 0 aromatic carbocycles. The van der Waals surface area contributed by atoms with Gasteiger partial charge >= 0.3 is 5.97 Å². The topological polar surface area (TPSA) is 130 Å². The number of thiophene rings is 1. The van der Waals surface area contributed by atoms with Crippen LogP contribution in [-0.4, -0.2) is 47.3 Å². The van der Waals surface area contributed by atoms with Crippen LogP contribution in [0.15, 0.2) is 14.7 Å². The number of sulfonamides is 2. The van der Waals surface area contributed by atoms with Crippen LogP contribution in [0.5, 0.6) is 0 Å². The van der Waals surface area contributed by atoms with Crippen LogP contribution >= 0.6 is 27.3 Å². The van der Waals surface area contributed by atoms with Crippen molar-refractivity contribution in [1.29, 1.82) is 0 Å². The summed E-state index contributed by atoms with van der Waals surface area (Å²) in [6.07, 6.45) is 0. The smallest absolute Gasteiger partial charge is 0.345 e. The Morgan fingerprint density at radius 2 is 2.00 bits per heavy atom. The fourth-order valence-electron chi connectivity index (χ4n) is 1.13. The molecule has 3 N–H and O–H groups in total. The van der Waals surface area contributed by atoms with Crippen molar-refractivity contribution < 1.29 is 26.7 Å². The normalized spacial score (nSPS) is 12.5. The van der Waals surface area contributed by atoms with Gasteiger partial charge in [0.1, 0.15) is 9.77 Å². The van der Waals surface area contributed by atoms with Gasteiger partial charge in [-0.3, -0.25) is 0 Å². The molecule has 0 atom stereocenters. The van der Waals surface area contributed by atoms with Crippen LogP contribution in [0.4, 0.5) is 0 Å². The Kier molecular flexibility index (Phi) is 5.69. The van der Waals surface area contributed by atoms with E-state index in [2.05, 4.69) is 25.4 Å². The molecular weight excluding hydrogens is 396 g/mol. The second-order valence-electron chi connectivity index (χ2n) is 3.47. The second-order valence-corrected chi connectivity index (χ2v) is 9.63. The lowest BCUT2D eigenvalue weighted by Gasteiger charge is -2.05. The summed E-state index contributed by atoms with van der Waals surface area (Å²) in [6.45, 7) is -0.323. The first-order valence-corrected chi connectivity index (χ1v) is 9.77. The average Bonchev–Trinajstić information content (AvgIpc) is 2.72. The van der Waals surface area contributed by atoms with Gasteiger partial charge in [0.15, 0.2) is 0 Å². The van der Waals surface area contributed by atoms with Gasteiger partial charge in [0.05, 0.1) is 9.54 Å². The van der Waals surface area contributed by atoms with Gasteiger partial charge in [0.2, 0.25) is 20.0 Å². The fraction of sp³-hybridized carbons (Fsp3) is 0.375. The van der Waals surface area contributed by atoms with E-state index in [9.17, 15) is 21.6 Å². The summed E-state index contributed by atoms with van der Waals surface area (Å²) in [5.41, 5.74) is 0. The first-order chi connectivity index (χ1) is 9.09. The van der Waals surface area contributed by atoms with Gasteiger partial charge in [-0.05, 0) is 29.0 Å². The number of carboxylic acid groups (broad SMARTS) is 1. The molecule has 0 saturated carbocycles. The van der Waals surface area contributed by atoms with Crippen LogP contribution in [0.2, 0.25) is 0 Å². The summed E-state index contributed by atoms with van der Waals surface area (Å²) in [7, 11) is -6.28. The van der Waals surface area contributed by atoms with E-state index >= 15 is 0 Å². The maximum Gasteiger partial charge on any atom is 0.345 e. The molecule has 20 heavy (non-hydrogen) atoms. The zero-order valence-corrected chi connectivity index (χ0v) is 14.1. The number of rotatable bonds is 7. The quantitative estimate of drug-likeness (QED) is 0.585. The summed E-state index contributed by atoms with van der Waals surface area (Å²) in [6, 6.07) is 1.01. The molecule has 8 nitrogen and oxygen atoms in total. The molecule has 0 radical (unpaired) electrons. The highest BCUT2D eigenvalue weighted by molar-refractivity contribution is 9.11. The highest BCUT2D eigenvalue weighted by Crippen LogP contribution is 2.31. The highest BCUT2D eigenvalue weighted by atomic mass is 79.9. The zero-order valence-electron chi connectivity index (χ0n) is 10.1. The fourth-order valence-corrected chi connectivity index (χ4v) is 5.27. The zero-order chi connectivity index (χ0) is 15.6. The minimum atomic E-state index is -3.98. The van der Waals surface area contributed by atoms with Crippen molar-refractivity contribution in [3.05, 3.63) is 14.7 Å². The van der Waals surface area contributed by atoms with Crippen LogP contribution in [0.25, 0.3) is 0 Å². The van der Waals surface area contributed by atoms with Gasteiger partial charge in [0, 0.05) is 6.54 Å². The number of hydrogen-bond donors (Lipinski definition) is 3. The molecule has 1 aromatic rings. The minimum absolute atomic E-state index is 0.138. The minimum Gasteiger partial charge on any atom is -0.477 e. The van der Waals surface area contributed by atoms with E-state index in [1.54, 1.807) is 0 Å². The molecule has 0 aliphatic rings. The first-order valence-electron chi connectivity index (χ1n) is 5.02. The second kappa shape index (κ2) is 6.49. The highest BCUT2D eigenvalue weighted by Gasteiger charge is 2.23. The van der Waals surface area contributed by atoms with Crippen molar-refractivity contribution >= 4 is 53.3 Å². The molecule has 0 aliphatic heterocycles. The number of carboxylic acids is 1. The van der Waals surface area contributed by atoms with Gasteiger partial charge in [-0.1, -0.05) is 0 Å². The third kappa shape index (κ3) is 4.49. The predicted molar refractivity (Wildman–Crippen MR) is 77.0 cm³/mol. The summed E-state index contributed by atoms with van der Waals surface area (Å²) in [5, 5.41) is 8.79. The molecule has 0 bridgehead atoms. The molecule has 1 heterocycles. The summed E-state index contributed by atoms with van der Waals surface area (Å²) in [5.74, 6) is -1.66. The number of aromatic carboxylic acids is 1. The molecule has 0 unspecified atom stereocenters. The molecule has 114 valence electrons. The molecule has 12 heteroatoms. The Hall–Kier alpha value is -0.530. The maximum atomic E-state index is 11.9. The summed E-state index contributed by atoms with van der Waals surface area (Å²) in [4.78, 5) is 10.4. The van der Waals surface area contributed by atoms with Gasteiger partial charge in [0.25, 0.3) is 0 Å². The SMILES string of the molecule is CNS(=O)(=O)CCNS(=O)(=O)c1cc(C(=O)O)sc1Br. The molecule has 0 saturated heterocycles. The number of halogens is 1. The van der Waals surface area contributed by atoms with E-state index in [1.807, 2.05) is 0 Å². The van der Waals surface area contributed by atoms with E-state index < -0.39 is 31.8 Å². The van der Waals surface area contributed by atoms with Crippen molar-refractivity contribution in [2.24, 2.45) is 0 Å². The lowest BCUT2D eigenvalue weighted by molar-refractivity contribution is 0.0702. The Bertz CT molecular complexity index is 709. The first kappa shape index (κ1) is 17.5. The van der Waals surface area contributed by atoms with Crippen LogP contribution < -0.4 is 9.44 Å². The monoisotopic (exact) mass is 406 g/mol. The average molecular weight is 407 g/mol. The molecule has 1 rings (SSSR count). The summed E-state index contributed by atoms with van der Waals surface area (Å²) >= 11 is 3.73. The maximum absolute atomic E-state index is 11.9. The number of hydrogen-bond acceptors (Lipinski definition) is 6. The van der Waals surface area contributed by atoms with Crippen LogP contribution in [0.1, 0.15) is 9.67 Å². The van der Waals surface area contributed by atoms with Crippen molar-refractivity contribution in [1.82, 2.24) is 9.44 Å². The molecule has 0 fully saturated rings. The molecule has 0 amide bonds. The Labute approximate surface area is 128 Å². The lowest BCUT2D eigenvalue weighted by Crippen LogP contribution is -2.32. The van der Waals surface area contributed by atoms with E-state index in [-0.39, 0.29) is 20.1 Å². The van der Waals surface area contributed by atoms with E-state index in [1.165, 1.54) is 7.05 Å². The van der Waals surface area contributed by atoms with E-state index in [0.29, 0.717) is 0 Å². The third-order valence-electron chi connectivity index (χ3n) is 2.13. The number of nitrogens with one attached hydrogen (secondary N) is 2. The summed E-state index contributed by atoms with van der Waals surface area (Å²) < 4.78 is 50.4. The van der Waals surface area contributed by atoms with Gasteiger partial charge < -0.3 is 5.11 Å². The van der Waals surface area contributed by atoms with Crippen LogP contribution in [-0.2, 0) is 20.0 Å². The van der Waals surface area contributed by atoms with Gasteiger partial charge in [-0.2, -0.15) is 0 Å². The molecule has 1 aromatic heterocycles. The molecule has 0 spiro atoms. The van der Waals surface area contributed by atoms with Crippen molar-refractivity contribution in [3.8, 4) is 0 Å². The standard InChI is InChI=1S/C8H11BrN2O6S3/c1-10-19(14,15)3-2-11-20(16,17)6-4-5(8(12)13)18-7(6)9/h4,10-11H,2-3H2,1H3,(H,12,13). The predicted octanol–water partition coefficient (Wildman–Crippen LogP) is 0.0363. The third-order valence-corrected chi connectivity index (χ3v) is 7.19.